The van der Waals surface area contributed by atoms with Crippen LogP contribution in [0, 0.1) is 0 Å². The Labute approximate surface area is 112 Å². The quantitative estimate of drug-likeness (QED) is 0.614. The van der Waals surface area contributed by atoms with Crippen LogP contribution in [0.25, 0.3) is 0 Å². The van der Waals surface area contributed by atoms with Crippen LogP contribution >= 0.6 is 0 Å². The van der Waals surface area contributed by atoms with Gasteiger partial charge in [-0.1, -0.05) is 0 Å². The monoisotopic (exact) mass is 287 g/mol. The van der Waals surface area contributed by atoms with Gasteiger partial charge < -0.3 is 15.8 Å². The number of nitrogens with one attached hydrogen (secondary N) is 2. The summed E-state index contributed by atoms with van der Waals surface area (Å²) in [4.78, 5) is 11.9. The molecule has 0 bridgehead atoms. The number of benzene rings is 1. The third kappa shape index (κ3) is 4.42. The first-order valence-corrected chi connectivity index (χ1v) is 7.18. The molecule has 1 rings (SSSR count). The molecule has 1 amide bonds. The number of rotatable bonds is 6. The van der Waals surface area contributed by atoms with Gasteiger partial charge in [-0.05, 0) is 25.2 Å². The van der Waals surface area contributed by atoms with Crippen molar-refractivity contribution >= 4 is 21.6 Å². The first-order chi connectivity index (χ1) is 8.89. The first kappa shape index (κ1) is 15.3. The van der Waals surface area contributed by atoms with Gasteiger partial charge in [-0.3, -0.25) is 4.79 Å². The summed E-state index contributed by atoms with van der Waals surface area (Å²) in [6.07, 6.45) is 0. The molecule has 0 aliphatic heterocycles. The van der Waals surface area contributed by atoms with Gasteiger partial charge in [0.15, 0.2) is 0 Å². The van der Waals surface area contributed by atoms with Gasteiger partial charge >= 0.3 is 0 Å². The molecule has 0 unspecified atom stereocenters. The highest BCUT2D eigenvalue weighted by Crippen LogP contribution is 2.20. The third-order valence-electron chi connectivity index (χ3n) is 2.44. The van der Waals surface area contributed by atoms with Gasteiger partial charge in [0.05, 0.1) is 18.4 Å². The lowest BCUT2D eigenvalue weighted by atomic mass is 10.1. The Hall–Kier alpha value is -1.80. The van der Waals surface area contributed by atoms with E-state index in [0.29, 0.717) is 11.4 Å². The number of hydrogen-bond donors (Lipinski definition) is 3. The normalized spacial score (nSPS) is 11.1. The minimum atomic E-state index is -3.34. The number of nitrogen functional groups attached to an aromatic ring is 1. The minimum Gasteiger partial charge on any atom is -0.496 e. The number of nitrogens with two attached hydrogens (primary N) is 1. The molecule has 7 nitrogen and oxygen atoms in total. The molecule has 0 atom stereocenters. The van der Waals surface area contributed by atoms with Crippen LogP contribution in [-0.4, -0.2) is 40.8 Å². The lowest BCUT2D eigenvalue weighted by molar-refractivity contribution is 0.0953. The molecule has 1 aromatic rings. The molecule has 19 heavy (non-hydrogen) atoms. The van der Waals surface area contributed by atoms with E-state index in [0.717, 1.165) is 0 Å². The maximum absolute atomic E-state index is 11.9. The first-order valence-electron chi connectivity index (χ1n) is 5.52. The van der Waals surface area contributed by atoms with E-state index in [1.807, 2.05) is 0 Å². The highest BCUT2D eigenvalue weighted by Gasteiger charge is 2.13. The van der Waals surface area contributed by atoms with Crippen molar-refractivity contribution in [3.8, 4) is 5.75 Å². The van der Waals surface area contributed by atoms with Crippen LogP contribution in [0.5, 0.6) is 5.75 Å². The summed E-state index contributed by atoms with van der Waals surface area (Å²) in [6.45, 7) is -0.0000397. The number of carbonyl (C=O) groups excluding carboxylic acids is 1. The molecule has 4 N–H and O–H groups in total. The van der Waals surface area contributed by atoms with Crippen LogP contribution in [0.1, 0.15) is 10.4 Å². The van der Waals surface area contributed by atoms with Crippen molar-refractivity contribution < 1.29 is 17.9 Å². The number of methoxy groups -OCH3 is 1. The molecule has 0 spiro atoms. The van der Waals surface area contributed by atoms with Crippen molar-refractivity contribution in [1.29, 1.82) is 0 Å². The highest BCUT2D eigenvalue weighted by atomic mass is 32.2. The molecular weight excluding hydrogens is 270 g/mol. The van der Waals surface area contributed by atoms with Gasteiger partial charge in [-0.15, -0.1) is 0 Å². The summed E-state index contributed by atoms with van der Waals surface area (Å²) in [7, 11) is -0.586. The van der Waals surface area contributed by atoms with Crippen molar-refractivity contribution in [2.24, 2.45) is 0 Å². The predicted molar refractivity (Wildman–Crippen MR) is 72.6 cm³/mol. The Balaban J connectivity index is 2.71. The fourth-order valence-corrected chi connectivity index (χ4v) is 1.97. The van der Waals surface area contributed by atoms with Crippen LogP contribution in [0.3, 0.4) is 0 Å². The van der Waals surface area contributed by atoms with Gasteiger partial charge in [-0.25, -0.2) is 13.1 Å². The Morgan fingerprint density at radius 2 is 2.11 bits per heavy atom. The summed E-state index contributed by atoms with van der Waals surface area (Å²) in [5.74, 6) is -0.251. The van der Waals surface area contributed by atoms with Crippen molar-refractivity contribution in [2.45, 2.75) is 0 Å². The van der Waals surface area contributed by atoms with Crippen LogP contribution in [-0.2, 0) is 10.0 Å². The summed E-state index contributed by atoms with van der Waals surface area (Å²) >= 11 is 0. The zero-order valence-corrected chi connectivity index (χ0v) is 11.6. The van der Waals surface area contributed by atoms with E-state index in [-0.39, 0.29) is 17.9 Å². The fraction of sp³-hybridized carbons (Fsp3) is 0.364. The predicted octanol–water partition coefficient (Wildman–Crippen LogP) is -0.444. The molecule has 0 saturated carbocycles. The average Bonchev–Trinajstić information content (AvgIpc) is 2.38. The zero-order chi connectivity index (χ0) is 14.5. The van der Waals surface area contributed by atoms with Crippen molar-refractivity contribution in [1.82, 2.24) is 10.0 Å². The molecular formula is C11H17N3O4S. The Morgan fingerprint density at radius 3 is 2.68 bits per heavy atom. The number of anilines is 1. The second kappa shape index (κ2) is 6.39. The molecule has 0 fully saturated rings. The van der Waals surface area contributed by atoms with Crippen LogP contribution < -0.4 is 20.5 Å². The SMILES string of the molecule is CNS(=O)(=O)CCNC(=O)c1cc(N)ccc1OC. The molecule has 0 aromatic heterocycles. The maximum atomic E-state index is 11.9. The van der Waals surface area contributed by atoms with E-state index in [1.54, 1.807) is 12.1 Å². The molecule has 0 aliphatic carbocycles. The van der Waals surface area contributed by atoms with Gasteiger partial charge in [-0.2, -0.15) is 0 Å². The average molecular weight is 287 g/mol. The molecule has 106 valence electrons. The number of hydrogen-bond acceptors (Lipinski definition) is 5. The van der Waals surface area contributed by atoms with E-state index < -0.39 is 15.9 Å². The number of carbonyl (C=O) groups is 1. The Kier molecular flexibility index (Phi) is 5.13. The van der Waals surface area contributed by atoms with Gasteiger partial charge in [0.25, 0.3) is 5.91 Å². The second-order valence-corrected chi connectivity index (χ2v) is 5.78. The molecule has 8 heteroatoms. The van der Waals surface area contributed by atoms with Crippen molar-refractivity contribution in [3.05, 3.63) is 23.8 Å². The Bertz CT molecular complexity index is 557. The van der Waals surface area contributed by atoms with E-state index in [1.165, 1.54) is 20.2 Å². The topological polar surface area (TPSA) is 111 Å². The van der Waals surface area contributed by atoms with Crippen LogP contribution in [0.2, 0.25) is 0 Å². The highest BCUT2D eigenvalue weighted by molar-refractivity contribution is 7.89. The smallest absolute Gasteiger partial charge is 0.255 e. The Morgan fingerprint density at radius 1 is 1.42 bits per heavy atom. The lowest BCUT2D eigenvalue weighted by Gasteiger charge is -2.10. The number of ether oxygens (including phenoxy) is 1. The van der Waals surface area contributed by atoms with E-state index in [9.17, 15) is 13.2 Å². The van der Waals surface area contributed by atoms with E-state index in [4.69, 9.17) is 10.5 Å². The molecule has 1 aromatic carbocycles. The lowest BCUT2D eigenvalue weighted by Crippen LogP contribution is -2.33. The van der Waals surface area contributed by atoms with E-state index in [2.05, 4.69) is 10.0 Å². The third-order valence-corrected chi connectivity index (χ3v) is 3.80. The van der Waals surface area contributed by atoms with Gasteiger partial charge in [0, 0.05) is 12.2 Å². The van der Waals surface area contributed by atoms with Crippen molar-refractivity contribution in [2.75, 3.05) is 32.2 Å². The maximum Gasteiger partial charge on any atom is 0.255 e. The summed E-state index contributed by atoms with van der Waals surface area (Å²) in [5, 5.41) is 2.50. The second-order valence-electron chi connectivity index (χ2n) is 3.74. The minimum absolute atomic E-state index is 0.0000397. The molecule has 0 heterocycles. The summed E-state index contributed by atoms with van der Waals surface area (Å²) < 4.78 is 29.6. The van der Waals surface area contributed by atoms with Crippen LogP contribution in [0.4, 0.5) is 5.69 Å². The largest absolute Gasteiger partial charge is 0.496 e. The standard InChI is InChI=1S/C11H17N3O4S/c1-13-19(16,17)6-5-14-11(15)9-7-8(12)3-4-10(9)18-2/h3-4,7,13H,5-6,12H2,1-2H3,(H,14,15). The van der Waals surface area contributed by atoms with Crippen molar-refractivity contribution in [3.63, 3.8) is 0 Å². The summed E-state index contributed by atoms with van der Waals surface area (Å²) in [5.41, 5.74) is 6.29. The van der Waals surface area contributed by atoms with Crippen LogP contribution in [0.15, 0.2) is 18.2 Å². The van der Waals surface area contributed by atoms with E-state index >= 15 is 0 Å². The fourth-order valence-electron chi connectivity index (χ4n) is 1.40. The summed E-state index contributed by atoms with van der Waals surface area (Å²) in [6, 6.07) is 4.66. The molecule has 0 aliphatic rings. The number of amides is 1. The molecule has 0 saturated heterocycles. The number of sulfonamides is 1. The molecule has 0 radical (unpaired) electrons. The van der Waals surface area contributed by atoms with Gasteiger partial charge in [0.2, 0.25) is 10.0 Å². The van der Waals surface area contributed by atoms with Gasteiger partial charge in [0.1, 0.15) is 5.75 Å². The zero-order valence-electron chi connectivity index (χ0n) is 10.8.